The second kappa shape index (κ2) is 6.57. The number of anilines is 1. The van der Waals surface area contributed by atoms with E-state index in [0.29, 0.717) is 15.4 Å². The summed E-state index contributed by atoms with van der Waals surface area (Å²) in [6.07, 6.45) is 0. The monoisotopic (exact) mass is 400 g/mol. The van der Waals surface area contributed by atoms with Crippen LogP contribution in [0.1, 0.15) is 9.67 Å². The Morgan fingerprint density at radius 2 is 1.88 bits per heavy atom. The molecule has 3 aromatic rings. The molecule has 1 aromatic heterocycles. The van der Waals surface area contributed by atoms with Crippen molar-refractivity contribution >= 4 is 73.5 Å². The minimum atomic E-state index is -0.569. The lowest BCUT2D eigenvalue weighted by Crippen LogP contribution is -2.11. The SMILES string of the molecule is O=C(Nc1cc([N+](=O)[O-])ccc1Cl)c1sc2cc(Cl)ccc2c1Cl. The van der Waals surface area contributed by atoms with Gasteiger partial charge >= 0.3 is 0 Å². The normalized spacial score (nSPS) is 10.8. The third-order valence-electron chi connectivity index (χ3n) is 3.21. The molecule has 0 bridgehead atoms. The lowest BCUT2D eigenvalue weighted by molar-refractivity contribution is -0.384. The van der Waals surface area contributed by atoms with Gasteiger partial charge in [0.15, 0.2) is 0 Å². The minimum Gasteiger partial charge on any atom is -0.320 e. The van der Waals surface area contributed by atoms with E-state index in [9.17, 15) is 14.9 Å². The van der Waals surface area contributed by atoms with Gasteiger partial charge in [-0.2, -0.15) is 0 Å². The maximum Gasteiger partial charge on any atom is 0.271 e. The van der Waals surface area contributed by atoms with Crippen LogP contribution in [-0.4, -0.2) is 10.8 Å². The zero-order chi connectivity index (χ0) is 17.4. The summed E-state index contributed by atoms with van der Waals surface area (Å²) in [6.45, 7) is 0. The maximum absolute atomic E-state index is 12.5. The fraction of sp³-hybridized carbons (Fsp3) is 0. The van der Waals surface area contributed by atoms with Gasteiger partial charge in [-0.15, -0.1) is 11.3 Å². The number of amides is 1. The molecule has 1 amide bonds. The van der Waals surface area contributed by atoms with Crippen LogP contribution in [0.25, 0.3) is 10.1 Å². The van der Waals surface area contributed by atoms with Gasteiger partial charge in [0.1, 0.15) is 4.88 Å². The average molecular weight is 402 g/mol. The molecule has 0 radical (unpaired) electrons. The lowest BCUT2D eigenvalue weighted by atomic mass is 10.2. The van der Waals surface area contributed by atoms with Crippen molar-refractivity contribution in [2.45, 2.75) is 0 Å². The van der Waals surface area contributed by atoms with Crippen molar-refractivity contribution < 1.29 is 9.72 Å². The number of nitro benzene ring substituents is 1. The number of nitrogens with one attached hydrogen (secondary N) is 1. The van der Waals surface area contributed by atoms with Gasteiger partial charge < -0.3 is 5.32 Å². The number of rotatable bonds is 3. The highest BCUT2D eigenvalue weighted by Gasteiger charge is 2.19. The zero-order valence-corrected chi connectivity index (χ0v) is 14.8. The van der Waals surface area contributed by atoms with Crippen LogP contribution in [0.2, 0.25) is 15.1 Å². The van der Waals surface area contributed by atoms with Gasteiger partial charge in [0.05, 0.1) is 20.7 Å². The highest BCUT2D eigenvalue weighted by molar-refractivity contribution is 7.21. The number of fused-ring (bicyclic) bond motifs is 1. The van der Waals surface area contributed by atoms with E-state index in [1.807, 2.05) is 0 Å². The van der Waals surface area contributed by atoms with Crippen molar-refractivity contribution in [3.8, 4) is 0 Å². The molecule has 0 spiro atoms. The highest BCUT2D eigenvalue weighted by Crippen LogP contribution is 2.37. The first-order valence-corrected chi connectivity index (χ1v) is 8.44. The van der Waals surface area contributed by atoms with Crippen LogP contribution in [0.5, 0.6) is 0 Å². The molecule has 0 aliphatic rings. The molecule has 9 heteroatoms. The van der Waals surface area contributed by atoms with Gasteiger partial charge in [0.2, 0.25) is 0 Å². The number of non-ortho nitro benzene ring substituents is 1. The summed E-state index contributed by atoms with van der Waals surface area (Å²) >= 11 is 19.4. The first-order chi connectivity index (χ1) is 11.4. The number of benzene rings is 2. The van der Waals surface area contributed by atoms with E-state index in [4.69, 9.17) is 34.8 Å². The van der Waals surface area contributed by atoms with Crippen molar-refractivity contribution in [3.63, 3.8) is 0 Å². The molecular weight excluding hydrogens is 395 g/mol. The summed E-state index contributed by atoms with van der Waals surface area (Å²) in [6, 6.07) is 8.92. The quantitative estimate of drug-likeness (QED) is 0.430. The molecule has 0 aliphatic heterocycles. The molecule has 0 saturated heterocycles. The molecule has 0 aliphatic carbocycles. The van der Waals surface area contributed by atoms with Crippen molar-refractivity contribution in [2.24, 2.45) is 0 Å². The Labute approximate surface area is 154 Å². The van der Waals surface area contributed by atoms with Crippen LogP contribution in [0, 0.1) is 10.1 Å². The lowest BCUT2D eigenvalue weighted by Gasteiger charge is -2.06. The topological polar surface area (TPSA) is 72.2 Å². The summed E-state index contributed by atoms with van der Waals surface area (Å²) in [4.78, 5) is 23.0. The smallest absolute Gasteiger partial charge is 0.271 e. The van der Waals surface area contributed by atoms with Gasteiger partial charge in [-0.05, 0) is 18.2 Å². The van der Waals surface area contributed by atoms with Crippen LogP contribution >= 0.6 is 46.1 Å². The van der Waals surface area contributed by atoms with E-state index in [1.165, 1.54) is 29.5 Å². The van der Waals surface area contributed by atoms with Gasteiger partial charge in [0.25, 0.3) is 11.6 Å². The molecule has 122 valence electrons. The summed E-state index contributed by atoms with van der Waals surface area (Å²) < 4.78 is 0.766. The molecule has 24 heavy (non-hydrogen) atoms. The van der Waals surface area contributed by atoms with E-state index < -0.39 is 10.8 Å². The first-order valence-electron chi connectivity index (χ1n) is 6.49. The number of halogens is 3. The van der Waals surface area contributed by atoms with Gasteiger partial charge in [-0.1, -0.05) is 40.9 Å². The average Bonchev–Trinajstić information content (AvgIpc) is 2.85. The molecule has 1 heterocycles. The van der Waals surface area contributed by atoms with Gasteiger partial charge in [-0.3, -0.25) is 14.9 Å². The fourth-order valence-corrected chi connectivity index (χ4v) is 3.94. The summed E-state index contributed by atoms with van der Waals surface area (Å²) in [5.74, 6) is -0.500. The van der Waals surface area contributed by atoms with E-state index in [1.54, 1.807) is 18.2 Å². The standard InChI is InChI=1S/C15H7Cl3N2O3S/c16-7-1-3-9-12(5-7)24-14(13(9)18)15(21)19-11-6-8(20(22)23)2-4-10(11)17/h1-6H,(H,19,21). The minimum absolute atomic E-state index is 0.141. The molecule has 2 aromatic carbocycles. The molecular formula is C15H7Cl3N2O3S. The van der Waals surface area contributed by atoms with E-state index >= 15 is 0 Å². The largest absolute Gasteiger partial charge is 0.320 e. The van der Waals surface area contributed by atoms with E-state index in [2.05, 4.69) is 5.32 Å². The Morgan fingerprint density at radius 3 is 2.58 bits per heavy atom. The van der Waals surface area contributed by atoms with Crippen molar-refractivity contribution in [1.82, 2.24) is 0 Å². The molecule has 0 fully saturated rings. The highest BCUT2D eigenvalue weighted by atomic mass is 35.5. The third kappa shape index (κ3) is 3.18. The van der Waals surface area contributed by atoms with Gasteiger partial charge in [-0.25, -0.2) is 0 Å². The second-order valence-electron chi connectivity index (χ2n) is 4.76. The predicted molar refractivity (Wildman–Crippen MR) is 97.9 cm³/mol. The summed E-state index contributed by atoms with van der Waals surface area (Å²) in [5, 5.41) is 15.1. The third-order valence-corrected chi connectivity index (χ3v) is 5.43. The molecule has 3 rings (SSSR count). The number of hydrogen-bond acceptors (Lipinski definition) is 4. The fourth-order valence-electron chi connectivity index (χ4n) is 2.09. The van der Waals surface area contributed by atoms with Crippen LogP contribution in [0.4, 0.5) is 11.4 Å². The number of carbonyl (C=O) groups is 1. The van der Waals surface area contributed by atoms with Crippen LogP contribution < -0.4 is 5.32 Å². The van der Waals surface area contributed by atoms with Crippen molar-refractivity contribution in [1.29, 1.82) is 0 Å². The van der Waals surface area contributed by atoms with Crippen molar-refractivity contribution in [3.05, 3.63) is 66.5 Å². The molecule has 1 N–H and O–H groups in total. The molecule has 0 atom stereocenters. The van der Waals surface area contributed by atoms with Crippen LogP contribution in [0.3, 0.4) is 0 Å². The van der Waals surface area contributed by atoms with Crippen molar-refractivity contribution in [2.75, 3.05) is 5.32 Å². The van der Waals surface area contributed by atoms with Crippen LogP contribution in [0.15, 0.2) is 36.4 Å². The Morgan fingerprint density at radius 1 is 1.12 bits per heavy atom. The Kier molecular flexibility index (Phi) is 4.64. The number of nitro groups is 1. The number of carbonyl (C=O) groups excluding carboxylic acids is 1. The first kappa shape index (κ1) is 17.0. The molecule has 0 unspecified atom stereocenters. The Hall–Kier alpha value is -1.86. The number of thiophene rings is 1. The molecule has 0 saturated carbocycles. The van der Waals surface area contributed by atoms with E-state index in [-0.39, 0.29) is 21.3 Å². The van der Waals surface area contributed by atoms with E-state index in [0.717, 1.165) is 4.70 Å². The number of nitrogens with zero attached hydrogens (tertiary/aromatic N) is 1. The van der Waals surface area contributed by atoms with Gasteiger partial charge in [0, 0.05) is 27.2 Å². The Bertz CT molecular complexity index is 987. The Balaban J connectivity index is 1.97. The predicted octanol–water partition coefficient (Wildman–Crippen LogP) is 6.02. The molecule has 5 nitrogen and oxygen atoms in total. The number of hydrogen-bond donors (Lipinski definition) is 1. The van der Waals surface area contributed by atoms with Crippen LogP contribution in [-0.2, 0) is 0 Å². The zero-order valence-electron chi connectivity index (χ0n) is 11.7. The summed E-state index contributed by atoms with van der Waals surface area (Å²) in [5.41, 5.74) is -0.0358. The second-order valence-corrected chi connectivity index (χ2v) is 7.03. The summed E-state index contributed by atoms with van der Waals surface area (Å²) in [7, 11) is 0. The maximum atomic E-state index is 12.5.